The highest BCUT2D eigenvalue weighted by molar-refractivity contribution is 7.47. The molecular formula is C48H80O14P2. The van der Waals surface area contributed by atoms with E-state index in [9.17, 15) is 33.8 Å². The molecule has 0 bridgehead atoms. The van der Waals surface area contributed by atoms with Crippen LogP contribution in [0.4, 0.5) is 0 Å². The second-order valence-electron chi connectivity index (χ2n) is 15.2. The summed E-state index contributed by atoms with van der Waals surface area (Å²) in [7, 11) is -9.76. The number of ether oxygens (including phenoxy) is 2. The molecule has 0 aromatic rings. The van der Waals surface area contributed by atoms with Gasteiger partial charge in [0.2, 0.25) is 0 Å². The number of phosphoric ester groups is 2. The smallest absolute Gasteiger partial charge is 0.462 e. The monoisotopic (exact) mass is 943 g/mol. The van der Waals surface area contributed by atoms with E-state index in [0.717, 1.165) is 64.2 Å². The Bertz CT molecular complexity index is 1510. The van der Waals surface area contributed by atoms with Crippen LogP contribution in [0.25, 0.3) is 0 Å². The Hall–Kier alpha value is -3.00. The first-order chi connectivity index (χ1) is 30.8. The van der Waals surface area contributed by atoms with Gasteiger partial charge in [-0.1, -0.05) is 143 Å². The first-order valence-electron chi connectivity index (χ1n) is 23.0. The Kier molecular flexibility index (Phi) is 40.6. The second kappa shape index (κ2) is 42.6. The van der Waals surface area contributed by atoms with E-state index < -0.39 is 72.3 Å². The zero-order chi connectivity index (χ0) is 47.4. The van der Waals surface area contributed by atoms with Crippen LogP contribution in [0.1, 0.15) is 149 Å². The molecule has 5 N–H and O–H groups in total. The quantitative estimate of drug-likeness (QED) is 0.0127. The average Bonchev–Trinajstić information content (AvgIpc) is 3.25. The fourth-order valence-electron chi connectivity index (χ4n) is 5.49. The highest BCUT2D eigenvalue weighted by Gasteiger charge is 2.28. The molecular weight excluding hydrogens is 862 g/mol. The van der Waals surface area contributed by atoms with Gasteiger partial charge in [0.05, 0.1) is 25.9 Å². The Labute approximate surface area is 383 Å². The summed E-state index contributed by atoms with van der Waals surface area (Å²) in [5, 5.41) is 20.0. The van der Waals surface area contributed by atoms with Gasteiger partial charge in [-0.05, 0) is 89.9 Å². The van der Waals surface area contributed by atoms with Crippen molar-refractivity contribution in [3.63, 3.8) is 0 Å². The summed E-state index contributed by atoms with van der Waals surface area (Å²) in [4.78, 5) is 52.8. The molecule has 0 amide bonds. The summed E-state index contributed by atoms with van der Waals surface area (Å²) in [6.07, 6.45) is 47.1. The Morgan fingerprint density at radius 2 is 0.984 bits per heavy atom. The molecule has 64 heavy (non-hydrogen) atoms. The first kappa shape index (κ1) is 61.0. The van der Waals surface area contributed by atoms with Gasteiger partial charge >= 0.3 is 27.6 Å². The van der Waals surface area contributed by atoms with Crippen LogP contribution in [0.15, 0.2) is 97.2 Å². The van der Waals surface area contributed by atoms with E-state index in [1.54, 1.807) is 12.2 Å². The first-order valence-corrected chi connectivity index (χ1v) is 26.1. The summed E-state index contributed by atoms with van der Waals surface area (Å²) in [6.45, 7) is 1.44. The predicted molar refractivity (Wildman–Crippen MR) is 254 cm³/mol. The minimum atomic E-state index is -4.89. The number of rotatable bonds is 42. The zero-order valence-corrected chi connectivity index (χ0v) is 40.2. The van der Waals surface area contributed by atoms with E-state index in [-0.39, 0.29) is 12.8 Å². The minimum absolute atomic E-state index is 0.0459. The number of carbonyl (C=O) groups is 2. The zero-order valence-electron chi connectivity index (χ0n) is 38.5. The third-order valence-electron chi connectivity index (χ3n) is 9.04. The van der Waals surface area contributed by atoms with Gasteiger partial charge in [0.1, 0.15) is 12.7 Å². The van der Waals surface area contributed by atoms with Crippen molar-refractivity contribution in [2.75, 3.05) is 26.4 Å². The number of esters is 2. The van der Waals surface area contributed by atoms with Gasteiger partial charge in [-0.15, -0.1) is 0 Å². The van der Waals surface area contributed by atoms with E-state index in [2.05, 4.69) is 95.8 Å². The number of unbranched alkanes of at least 4 members (excludes halogenated alkanes) is 9. The summed E-state index contributed by atoms with van der Waals surface area (Å²) >= 11 is 0. The molecule has 16 heteroatoms. The molecule has 0 aromatic carbocycles. The van der Waals surface area contributed by atoms with Gasteiger partial charge in [-0.25, -0.2) is 9.13 Å². The second-order valence-corrected chi connectivity index (χ2v) is 17.9. The topological polar surface area (TPSA) is 216 Å². The molecule has 0 aliphatic rings. The summed E-state index contributed by atoms with van der Waals surface area (Å²) < 4.78 is 47.7. The lowest BCUT2D eigenvalue weighted by Crippen LogP contribution is -2.30. The van der Waals surface area contributed by atoms with E-state index in [0.29, 0.717) is 19.3 Å². The number of aliphatic hydroxyl groups excluding tert-OH is 2. The molecule has 4 atom stereocenters. The fraction of sp³-hybridized carbons (Fsp3) is 0.625. The van der Waals surface area contributed by atoms with Gasteiger partial charge in [-0.3, -0.25) is 23.2 Å². The number of carbonyl (C=O) groups excluding carboxylic acids is 2. The average molecular weight is 943 g/mol. The number of allylic oxidation sites excluding steroid dienone is 15. The lowest BCUT2D eigenvalue weighted by Gasteiger charge is -2.20. The van der Waals surface area contributed by atoms with Crippen molar-refractivity contribution in [2.45, 2.75) is 167 Å². The van der Waals surface area contributed by atoms with Crippen molar-refractivity contribution in [1.29, 1.82) is 0 Å². The van der Waals surface area contributed by atoms with Crippen molar-refractivity contribution >= 4 is 27.6 Å². The van der Waals surface area contributed by atoms with Crippen molar-refractivity contribution in [3.05, 3.63) is 97.2 Å². The maximum absolute atomic E-state index is 12.7. The molecule has 0 rings (SSSR count). The Morgan fingerprint density at radius 3 is 1.52 bits per heavy atom. The van der Waals surface area contributed by atoms with Crippen molar-refractivity contribution in [3.8, 4) is 0 Å². The molecule has 0 saturated heterocycles. The molecule has 0 spiro atoms. The number of hydrogen-bond donors (Lipinski definition) is 5. The van der Waals surface area contributed by atoms with Crippen LogP contribution >= 0.6 is 15.6 Å². The Balaban J connectivity index is 4.75. The molecule has 0 aromatic heterocycles. The van der Waals surface area contributed by atoms with Gasteiger partial charge in [0.15, 0.2) is 6.10 Å². The standard InChI is InChI=1S/C48H80O14P2/c1-3-5-7-9-11-13-15-17-18-19-20-21-22-24-26-28-30-32-34-38-48(52)62-46(43-61-64(56,57)60-41-45(50)40-59-63(53,54)55)42-58-47(51)39-35-37-44(49)36-33-31-29-27-25-23-16-14-12-10-8-6-4-2/h11-14,17-18,20-21,23-26,29,31,33,36,44-46,49-50H,3-10,15-16,19,22,27-28,30,32,34-35,37-43H2,1-2H3,(H,56,57)(H2,53,54,55)/b13-11-,14-12-,18-17-,21-20-,25-23-,26-24-,31-29-,36-33+/t44-,45+,46-/m1/s1. The van der Waals surface area contributed by atoms with Crippen LogP contribution in [0.3, 0.4) is 0 Å². The predicted octanol–water partition coefficient (Wildman–Crippen LogP) is 11.1. The lowest BCUT2D eigenvalue weighted by molar-refractivity contribution is -0.161. The van der Waals surface area contributed by atoms with Gasteiger partial charge in [0.25, 0.3) is 0 Å². The van der Waals surface area contributed by atoms with E-state index >= 15 is 0 Å². The van der Waals surface area contributed by atoms with Crippen LogP contribution in [-0.2, 0) is 41.8 Å². The van der Waals surface area contributed by atoms with Gasteiger partial charge in [0, 0.05) is 12.8 Å². The molecule has 0 radical (unpaired) electrons. The molecule has 0 aliphatic heterocycles. The maximum atomic E-state index is 12.7. The number of hydrogen-bond acceptors (Lipinski definition) is 11. The summed E-state index contributed by atoms with van der Waals surface area (Å²) in [5.74, 6) is -1.28. The van der Waals surface area contributed by atoms with Crippen LogP contribution in [-0.4, -0.2) is 81.6 Å². The van der Waals surface area contributed by atoms with Gasteiger partial charge < -0.3 is 34.4 Å². The third kappa shape index (κ3) is 45.6. The van der Waals surface area contributed by atoms with Gasteiger partial charge in [-0.2, -0.15) is 0 Å². The highest BCUT2D eigenvalue weighted by atomic mass is 31.2. The van der Waals surface area contributed by atoms with E-state index in [1.165, 1.54) is 38.5 Å². The van der Waals surface area contributed by atoms with E-state index in [1.807, 2.05) is 12.2 Å². The lowest BCUT2D eigenvalue weighted by atomic mass is 10.1. The van der Waals surface area contributed by atoms with Crippen molar-refractivity contribution in [1.82, 2.24) is 0 Å². The van der Waals surface area contributed by atoms with Crippen molar-refractivity contribution in [2.24, 2.45) is 0 Å². The van der Waals surface area contributed by atoms with Crippen LogP contribution in [0, 0.1) is 0 Å². The molecule has 0 fully saturated rings. The normalized spacial score (nSPS) is 15.3. The minimum Gasteiger partial charge on any atom is -0.462 e. The molecule has 0 saturated carbocycles. The molecule has 366 valence electrons. The molecule has 0 aliphatic carbocycles. The summed E-state index contributed by atoms with van der Waals surface area (Å²) in [6, 6.07) is 0. The SMILES string of the molecule is CCCCC/C=C\C/C=C\C/C=C\C=C\[C@@H](O)CCCC(=O)OC[C@H](COP(=O)(O)OC[C@@H](O)COP(=O)(O)O)OC(=O)CCCCC/C=C\C/C=C\C/C=C\C/C=C\CCCCC. The van der Waals surface area contributed by atoms with Crippen LogP contribution in [0.5, 0.6) is 0 Å². The third-order valence-corrected chi connectivity index (χ3v) is 10.5. The highest BCUT2D eigenvalue weighted by Crippen LogP contribution is 2.43. The number of aliphatic hydroxyl groups is 2. The van der Waals surface area contributed by atoms with Crippen LogP contribution in [0.2, 0.25) is 0 Å². The molecule has 14 nitrogen and oxygen atoms in total. The van der Waals surface area contributed by atoms with Crippen LogP contribution < -0.4 is 0 Å². The number of phosphoric acid groups is 2. The Morgan fingerprint density at radius 1 is 0.516 bits per heavy atom. The fourth-order valence-corrected chi connectivity index (χ4v) is 6.65. The van der Waals surface area contributed by atoms with E-state index in [4.69, 9.17) is 23.8 Å². The summed E-state index contributed by atoms with van der Waals surface area (Å²) in [5.41, 5.74) is 0. The largest absolute Gasteiger partial charge is 0.472 e. The molecule has 1 unspecified atom stereocenters. The maximum Gasteiger partial charge on any atom is 0.472 e. The molecule has 0 heterocycles. The van der Waals surface area contributed by atoms with Crippen molar-refractivity contribution < 1.29 is 66.7 Å².